The van der Waals surface area contributed by atoms with Gasteiger partial charge < -0.3 is 4.18 Å². The van der Waals surface area contributed by atoms with Crippen LogP contribution in [-0.4, -0.2) is 20.1 Å². The fourth-order valence-corrected chi connectivity index (χ4v) is 2.28. The summed E-state index contributed by atoms with van der Waals surface area (Å²) in [5.41, 5.74) is 0. The molecule has 0 saturated carbocycles. The SMILES string of the molecule is O=S(=O)(CCCl)Oc1ccc(Br)cc1. The summed E-state index contributed by atoms with van der Waals surface area (Å²) in [4.78, 5) is 0. The third-order valence-corrected chi connectivity index (χ3v) is 3.46. The highest BCUT2D eigenvalue weighted by Gasteiger charge is 2.11. The van der Waals surface area contributed by atoms with E-state index in [4.69, 9.17) is 15.8 Å². The first-order valence-corrected chi connectivity index (χ1v) is 6.68. The largest absolute Gasteiger partial charge is 0.382 e. The summed E-state index contributed by atoms with van der Waals surface area (Å²) in [6.07, 6.45) is 0. The van der Waals surface area contributed by atoms with Gasteiger partial charge in [-0.1, -0.05) is 15.9 Å². The van der Waals surface area contributed by atoms with E-state index < -0.39 is 10.1 Å². The lowest BCUT2D eigenvalue weighted by molar-refractivity contribution is 0.488. The Balaban J connectivity index is 2.74. The molecule has 78 valence electrons. The molecule has 0 bridgehead atoms. The predicted molar refractivity (Wildman–Crippen MR) is 59.3 cm³/mol. The lowest BCUT2D eigenvalue weighted by Gasteiger charge is -2.04. The van der Waals surface area contributed by atoms with E-state index in [1.54, 1.807) is 24.3 Å². The Bertz CT molecular complexity index is 388. The minimum atomic E-state index is -3.54. The van der Waals surface area contributed by atoms with Crippen molar-refractivity contribution in [3.63, 3.8) is 0 Å². The molecule has 0 aromatic heterocycles. The fraction of sp³-hybridized carbons (Fsp3) is 0.250. The van der Waals surface area contributed by atoms with Crippen LogP contribution < -0.4 is 4.18 Å². The van der Waals surface area contributed by atoms with Crippen LogP contribution in [0, 0.1) is 0 Å². The van der Waals surface area contributed by atoms with Crippen LogP contribution in [0.3, 0.4) is 0 Å². The highest BCUT2D eigenvalue weighted by Crippen LogP contribution is 2.17. The van der Waals surface area contributed by atoms with Gasteiger partial charge in [-0.05, 0) is 24.3 Å². The Morgan fingerprint density at radius 3 is 2.36 bits per heavy atom. The van der Waals surface area contributed by atoms with Crippen LogP contribution in [-0.2, 0) is 10.1 Å². The third kappa shape index (κ3) is 3.86. The number of hydrogen-bond donors (Lipinski definition) is 0. The molecule has 6 heteroatoms. The highest BCUT2D eigenvalue weighted by molar-refractivity contribution is 9.10. The number of rotatable bonds is 4. The normalized spacial score (nSPS) is 11.3. The van der Waals surface area contributed by atoms with E-state index in [1.165, 1.54) is 0 Å². The molecule has 0 fully saturated rings. The summed E-state index contributed by atoms with van der Waals surface area (Å²) in [6.45, 7) is 0. The second-order valence-electron chi connectivity index (χ2n) is 2.49. The molecule has 1 rings (SSSR count). The highest BCUT2D eigenvalue weighted by atomic mass is 79.9. The van der Waals surface area contributed by atoms with E-state index in [0.29, 0.717) is 5.75 Å². The summed E-state index contributed by atoms with van der Waals surface area (Å²) in [5.74, 6) is 0.127. The van der Waals surface area contributed by atoms with Gasteiger partial charge in [0.1, 0.15) is 5.75 Å². The van der Waals surface area contributed by atoms with Gasteiger partial charge in [0.05, 0.1) is 5.75 Å². The quantitative estimate of drug-likeness (QED) is 0.633. The monoisotopic (exact) mass is 298 g/mol. The van der Waals surface area contributed by atoms with E-state index in [0.717, 1.165) is 4.47 Å². The number of benzene rings is 1. The van der Waals surface area contributed by atoms with Crippen molar-refractivity contribution in [2.45, 2.75) is 0 Å². The molecule has 0 aliphatic heterocycles. The third-order valence-electron chi connectivity index (χ3n) is 1.36. The predicted octanol–water partition coefficient (Wildman–Crippen LogP) is 2.40. The van der Waals surface area contributed by atoms with Gasteiger partial charge in [-0.15, -0.1) is 11.6 Å². The number of hydrogen-bond acceptors (Lipinski definition) is 3. The van der Waals surface area contributed by atoms with Gasteiger partial charge in [0.25, 0.3) is 0 Å². The maximum absolute atomic E-state index is 11.2. The van der Waals surface area contributed by atoms with Gasteiger partial charge >= 0.3 is 10.1 Å². The van der Waals surface area contributed by atoms with Crippen molar-refractivity contribution in [2.75, 3.05) is 11.6 Å². The molecule has 14 heavy (non-hydrogen) atoms. The van der Waals surface area contributed by atoms with E-state index in [9.17, 15) is 8.42 Å². The standard InChI is InChI=1S/C8H8BrClO3S/c9-7-1-3-8(4-2-7)13-14(11,12)6-5-10/h1-4H,5-6H2. The minimum absolute atomic E-state index is 0.0266. The molecule has 1 aromatic rings. The van der Waals surface area contributed by atoms with Gasteiger partial charge in [-0.25, -0.2) is 0 Å². The van der Waals surface area contributed by atoms with Crippen molar-refractivity contribution >= 4 is 37.6 Å². The Kier molecular flexibility index (Phi) is 4.22. The van der Waals surface area contributed by atoms with Crippen molar-refractivity contribution in [3.05, 3.63) is 28.7 Å². The smallest absolute Gasteiger partial charge is 0.310 e. The molecule has 0 atom stereocenters. The van der Waals surface area contributed by atoms with Gasteiger partial charge in [0, 0.05) is 10.4 Å². The number of alkyl halides is 1. The zero-order chi connectivity index (χ0) is 10.6. The maximum Gasteiger partial charge on any atom is 0.310 e. The molecule has 0 radical (unpaired) electrons. The first-order chi connectivity index (χ1) is 6.53. The molecule has 0 aliphatic rings. The van der Waals surface area contributed by atoms with Crippen LogP contribution in [0.25, 0.3) is 0 Å². The van der Waals surface area contributed by atoms with Gasteiger partial charge in [0.15, 0.2) is 0 Å². The molecular weight excluding hydrogens is 292 g/mol. The van der Waals surface area contributed by atoms with Crippen molar-refractivity contribution < 1.29 is 12.6 Å². The summed E-state index contributed by atoms with van der Waals surface area (Å²) < 4.78 is 28.0. The first-order valence-electron chi connectivity index (χ1n) is 3.77. The first kappa shape index (κ1) is 11.8. The Morgan fingerprint density at radius 1 is 1.29 bits per heavy atom. The summed E-state index contributed by atoms with van der Waals surface area (Å²) in [6, 6.07) is 6.53. The van der Waals surface area contributed by atoms with E-state index in [2.05, 4.69) is 15.9 Å². The Hall–Kier alpha value is -0.260. The fourth-order valence-electron chi connectivity index (χ4n) is 0.773. The Labute approximate surface area is 96.3 Å². The second-order valence-corrected chi connectivity index (χ2v) is 5.47. The van der Waals surface area contributed by atoms with E-state index >= 15 is 0 Å². The molecular formula is C8H8BrClO3S. The van der Waals surface area contributed by atoms with Gasteiger partial charge in [0.2, 0.25) is 0 Å². The van der Waals surface area contributed by atoms with Crippen LogP contribution in [0.5, 0.6) is 5.75 Å². The average molecular weight is 300 g/mol. The minimum Gasteiger partial charge on any atom is -0.382 e. The molecule has 1 aromatic carbocycles. The molecule has 0 N–H and O–H groups in total. The van der Waals surface area contributed by atoms with Crippen molar-refractivity contribution in [1.82, 2.24) is 0 Å². The van der Waals surface area contributed by atoms with Crippen LogP contribution in [0.15, 0.2) is 28.7 Å². The van der Waals surface area contributed by atoms with E-state index in [-0.39, 0.29) is 11.6 Å². The lowest BCUT2D eigenvalue weighted by Crippen LogP contribution is -2.14. The van der Waals surface area contributed by atoms with E-state index in [1.807, 2.05) is 0 Å². The molecule has 0 amide bonds. The zero-order valence-electron chi connectivity index (χ0n) is 7.11. The maximum atomic E-state index is 11.2. The molecule has 0 heterocycles. The van der Waals surface area contributed by atoms with Gasteiger partial charge in [-0.2, -0.15) is 8.42 Å². The van der Waals surface area contributed by atoms with Crippen LogP contribution in [0.1, 0.15) is 0 Å². The van der Waals surface area contributed by atoms with Gasteiger partial charge in [-0.3, -0.25) is 0 Å². The lowest BCUT2D eigenvalue weighted by atomic mass is 10.3. The van der Waals surface area contributed by atoms with Crippen LogP contribution in [0.2, 0.25) is 0 Å². The summed E-state index contributed by atoms with van der Waals surface area (Å²) in [5, 5.41) is 0. The molecule has 0 unspecified atom stereocenters. The van der Waals surface area contributed by atoms with Crippen molar-refractivity contribution in [2.24, 2.45) is 0 Å². The van der Waals surface area contributed by atoms with Crippen molar-refractivity contribution in [3.8, 4) is 5.75 Å². The zero-order valence-corrected chi connectivity index (χ0v) is 10.3. The van der Waals surface area contributed by atoms with Crippen LogP contribution in [0.4, 0.5) is 0 Å². The second kappa shape index (κ2) is 5.00. The number of halogens is 2. The molecule has 0 saturated heterocycles. The molecule has 3 nitrogen and oxygen atoms in total. The Morgan fingerprint density at radius 2 is 1.86 bits per heavy atom. The summed E-state index contributed by atoms with van der Waals surface area (Å²) in [7, 11) is -3.54. The molecule has 0 spiro atoms. The average Bonchev–Trinajstić information content (AvgIpc) is 2.08. The summed E-state index contributed by atoms with van der Waals surface area (Å²) >= 11 is 8.54. The topological polar surface area (TPSA) is 43.4 Å². The van der Waals surface area contributed by atoms with Crippen molar-refractivity contribution in [1.29, 1.82) is 0 Å². The molecule has 0 aliphatic carbocycles. The van der Waals surface area contributed by atoms with Crippen LogP contribution >= 0.6 is 27.5 Å².